The highest BCUT2D eigenvalue weighted by Crippen LogP contribution is 2.10. The molecule has 0 bridgehead atoms. The zero-order valence-electron chi connectivity index (χ0n) is 10.1. The number of rotatable bonds is 6. The molecule has 0 spiro atoms. The van der Waals surface area contributed by atoms with Crippen LogP contribution in [0.15, 0.2) is 0 Å². The summed E-state index contributed by atoms with van der Waals surface area (Å²) < 4.78 is 28.0. The number of nitrogens with one attached hydrogen (secondary N) is 3. The molecule has 1 rings (SSSR count). The standard InChI is InChI=1S/C9H21N5O2S/c1-2-12-17(15,16)13-8-3-5-14(6-4-8)7-9(10)11/h8,12-13H,2-7H2,1H3,(H3,10,11). The van der Waals surface area contributed by atoms with Gasteiger partial charge in [0.05, 0.1) is 6.54 Å². The van der Waals surface area contributed by atoms with E-state index in [2.05, 4.69) is 14.3 Å². The number of amidine groups is 1. The molecule has 1 fully saturated rings. The van der Waals surface area contributed by atoms with Crippen molar-refractivity contribution in [3.63, 3.8) is 0 Å². The smallest absolute Gasteiger partial charge is 0.277 e. The number of piperidine rings is 1. The average molecular weight is 263 g/mol. The summed E-state index contributed by atoms with van der Waals surface area (Å²) in [5, 5.41) is 7.19. The summed E-state index contributed by atoms with van der Waals surface area (Å²) in [4.78, 5) is 2.06. The SMILES string of the molecule is CCNS(=O)(=O)NC1CCN(CC(=N)N)CC1. The molecule has 1 saturated heterocycles. The first kappa shape index (κ1) is 14.4. The molecule has 8 heteroatoms. The molecule has 1 heterocycles. The molecule has 7 nitrogen and oxygen atoms in total. The largest absolute Gasteiger partial charge is 0.387 e. The lowest BCUT2D eigenvalue weighted by Crippen LogP contribution is -2.49. The number of hydrogen-bond acceptors (Lipinski definition) is 4. The van der Waals surface area contributed by atoms with Crippen LogP contribution in [0, 0.1) is 5.41 Å². The second kappa shape index (κ2) is 6.29. The van der Waals surface area contributed by atoms with Gasteiger partial charge in [-0.1, -0.05) is 6.92 Å². The third-order valence-electron chi connectivity index (χ3n) is 2.64. The van der Waals surface area contributed by atoms with E-state index in [0.717, 1.165) is 25.9 Å². The normalized spacial score (nSPS) is 19.4. The lowest BCUT2D eigenvalue weighted by atomic mass is 10.1. The van der Waals surface area contributed by atoms with Crippen molar-refractivity contribution in [2.75, 3.05) is 26.2 Å². The summed E-state index contributed by atoms with van der Waals surface area (Å²) >= 11 is 0. The van der Waals surface area contributed by atoms with Crippen molar-refractivity contribution in [1.29, 1.82) is 5.41 Å². The minimum atomic E-state index is -3.36. The number of nitrogens with two attached hydrogens (primary N) is 1. The van der Waals surface area contributed by atoms with E-state index in [1.807, 2.05) is 0 Å². The molecular formula is C9H21N5O2S. The summed E-state index contributed by atoms with van der Waals surface area (Å²) in [6, 6.07) is -0.0257. The molecule has 0 aromatic carbocycles. The van der Waals surface area contributed by atoms with Gasteiger partial charge in [-0.3, -0.25) is 10.3 Å². The third-order valence-corrected chi connectivity index (χ3v) is 3.95. The van der Waals surface area contributed by atoms with Crippen LogP contribution in [0.4, 0.5) is 0 Å². The molecule has 17 heavy (non-hydrogen) atoms. The highest BCUT2D eigenvalue weighted by atomic mass is 32.2. The molecule has 5 N–H and O–H groups in total. The number of nitrogens with zero attached hydrogens (tertiary/aromatic N) is 1. The van der Waals surface area contributed by atoms with Crippen LogP contribution < -0.4 is 15.2 Å². The minimum Gasteiger partial charge on any atom is -0.387 e. The summed E-state index contributed by atoms with van der Waals surface area (Å²) in [5.74, 6) is 0.150. The first-order chi connectivity index (χ1) is 7.93. The van der Waals surface area contributed by atoms with Crippen LogP contribution in [0.25, 0.3) is 0 Å². The van der Waals surface area contributed by atoms with E-state index in [1.165, 1.54) is 0 Å². The van der Waals surface area contributed by atoms with Crippen molar-refractivity contribution in [2.45, 2.75) is 25.8 Å². The van der Waals surface area contributed by atoms with Gasteiger partial charge in [-0.05, 0) is 12.8 Å². The highest BCUT2D eigenvalue weighted by molar-refractivity contribution is 7.87. The maximum absolute atomic E-state index is 11.5. The molecular weight excluding hydrogens is 242 g/mol. The van der Waals surface area contributed by atoms with E-state index in [4.69, 9.17) is 11.1 Å². The fourth-order valence-corrected chi connectivity index (χ4v) is 3.04. The molecule has 0 aromatic heterocycles. The van der Waals surface area contributed by atoms with E-state index in [-0.39, 0.29) is 11.9 Å². The first-order valence-corrected chi connectivity index (χ1v) is 7.23. The fraction of sp³-hybridized carbons (Fsp3) is 0.889. The van der Waals surface area contributed by atoms with Crippen LogP contribution in [0.1, 0.15) is 19.8 Å². The van der Waals surface area contributed by atoms with Gasteiger partial charge in [-0.2, -0.15) is 13.1 Å². The average Bonchev–Trinajstić information content (AvgIpc) is 2.19. The Hall–Kier alpha value is -0.700. The zero-order valence-corrected chi connectivity index (χ0v) is 10.9. The van der Waals surface area contributed by atoms with Crippen molar-refractivity contribution in [2.24, 2.45) is 5.73 Å². The molecule has 0 aliphatic carbocycles. The summed E-state index contributed by atoms with van der Waals surface area (Å²) in [7, 11) is -3.36. The molecule has 0 radical (unpaired) electrons. The quantitative estimate of drug-likeness (QED) is 0.357. The lowest BCUT2D eigenvalue weighted by molar-refractivity contribution is 0.231. The van der Waals surface area contributed by atoms with E-state index in [9.17, 15) is 8.42 Å². The first-order valence-electron chi connectivity index (χ1n) is 5.75. The molecule has 1 aliphatic heterocycles. The van der Waals surface area contributed by atoms with Gasteiger partial charge in [-0.25, -0.2) is 4.72 Å². The van der Waals surface area contributed by atoms with Gasteiger partial charge in [-0.15, -0.1) is 0 Å². The van der Waals surface area contributed by atoms with Crippen LogP contribution in [0.5, 0.6) is 0 Å². The Bertz CT molecular complexity index is 348. The van der Waals surface area contributed by atoms with Crippen LogP contribution >= 0.6 is 0 Å². The molecule has 0 saturated carbocycles. The second-order valence-corrected chi connectivity index (χ2v) is 5.73. The van der Waals surface area contributed by atoms with Gasteiger partial charge in [0, 0.05) is 25.7 Å². The molecule has 0 atom stereocenters. The van der Waals surface area contributed by atoms with E-state index >= 15 is 0 Å². The fourth-order valence-electron chi connectivity index (χ4n) is 1.90. The van der Waals surface area contributed by atoms with Gasteiger partial charge in [0.15, 0.2) is 0 Å². The Balaban J connectivity index is 2.35. The van der Waals surface area contributed by atoms with Gasteiger partial charge in [0.25, 0.3) is 10.2 Å². The Morgan fingerprint density at radius 1 is 1.47 bits per heavy atom. The Kier molecular flexibility index (Phi) is 5.31. The molecule has 100 valence electrons. The van der Waals surface area contributed by atoms with Crippen molar-refractivity contribution >= 4 is 16.0 Å². The monoisotopic (exact) mass is 263 g/mol. The van der Waals surface area contributed by atoms with Crippen molar-refractivity contribution in [3.05, 3.63) is 0 Å². The van der Waals surface area contributed by atoms with Crippen LogP contribution in [-0.2, 0) is 10.2 Å². The predicted molar refractivity (Wildman–Crippen MR) is 67.1 cm³/mol. The topological polar surface area (TPSA) is 111 Å². The Labute approximate surface area is 102 Å². The van der Waals surface area contributed by atoms with E-state index < -0.39 is 10.2 Å². The number of hydrogen-bond donors (Lipinski definition) is 4. The van der Waals surface area contributed by atoms with Gasteiger partial charge < -0.3 is 5.73 Å². The van der Waals surface area contributed by atoms with Crippen LogP contribution in [0.3, 0.4) is 0 Å². The summed E-state index contributed by atoms with van der Waals surface area (Å²) in [5.41, 5.74) is 5.32. The molecule has 0 aromatic rings. The van der Waals surface area contributed by atoms with Gasteiger partial charge in [0.2, 0.25) is 0 Å². The number of likely N-dealkylation sites (tertiary alicyclic amines) is 1. The van der Waals surface area contributed by atoms with E-state index in [1.54, 1.807) is 6.92 Å². The maximum Gasteiger partial charge on any atom is 0.277 e. The predicted octanol–water partition coefficient (Wildman–Crippen LogP) is -1.17. The lowest BCUT2D eigenvalue weighted by Gasteiger charge is -2.31. The van der Waals surface area contributed by atoms with Crippen LogP contribution in [-0.4, -0.2) is 51.4 Å². The van der Waals surface area contributed by atoms with Gasteiger partial charge in [0.1, 0.15) is 5.84 Å². The summed E-state index contributed by atoms with van der Waals surface area (Å²) in [6.07, 6.45) is 1.50. The van der Waals surface area contributed by atoms with Crippen molar-refractivity contribution < 1.29 is 8.42 Å². The highest BCUT2D eigenvalue weighted by Gasteiger charge is 2.22. The maximum atomic E-state index is 11.5. The van der Waals surface area contributed by atoms with Crippen LogP contribution in [0.2, 0.25) is 0 Å². The Morgan fingerprint density at radius 3 is 2.53 bits per heavy atom. The summed E-state index contributed by atoms with van der Waals surface area (Å²) in [6.45, 7) is 4.12. The van der Waals surface area contributed by atoms with Crippen molar-refractivity contribution in [1.82, 2.24) is 14.3 Å². The van der Waals surface area contributed by atoms with Crippen molar-refractivity contribution in [3.8, 4) is 0 Å². The third kappa shape index (κ3) is 5.44. The molecule has 0 unspecified atom stereocenters. The molecule has 0 amide bonds. The minimum absolute atomic E-state index is 0.0257. The molecule has 1 aliphatic rings. The Morgan fingerprint density at radius 2 is 2.06 bits per heavy atom. The van der Waals surface area contributed by atoms with E-state index in [0.29, 0.717) is 13.1 Å². The zero-order chi connectivity index (χ0) is 12.9. The van der Waals surface area contributed by atoms with Gasteiger partial charge >= 0.3 is 0 Å². The second-order valence-electron chi connectivity index (χ2n) is 4.19.